The molecule has 0 bridgehead atoms. The Balaban J connectivity index is 1.14. The molecule has 260 valence electrons. The second-order valence-electron chi connectivity index (χ2n) is 14.3. The summed E-state index contributed by atoms with van der Waals surface area (Å²) in [6.45, 7) is 0.496. The SMILES string of the molecule is c1ccc([Si](c2ccccc2)(c2cccc(-c3ccc4c(c3)-n3c(nc5ccccc53)OC4)c2)c2cccc(-c3cccc4oc5ccccc5c34)c2)cc1. The Morgan fingerprint density at radius 2 is 1.11 bits per heavy atom. The monoisotopic (exact) mass is 722 g/mol. The van der Waals surface area contributed by atoms with Gasteiger partial charge in [-0.3, -0.25) is 4.57 Å². The maximum atomic E-state index is 6.34. The summed E-state index contributed by atoms with van der Waals surface area (Å²) in [6.07, 6.45) is 0. The lowest BCUT2D eigenvalue weighted by atomic mass is 9.99. The van der Waals surface area contributed by atoms with E-state index in [-0.39, 0.29) is 0 Å². The van der Waals surface area contributed by atoms with Crippen LogP contribution in [0.1, 0.15) is 5.56 Å². The molecule has 0 amide bonds. The number of benzene rings is 8. The standard InChI is InChI=1S/C50H34N2O2Si/c1-3-16-38(17-4-1)55(39-18-5-2-6-19-39,41-21-12-15-36(31-41)42-23-13-27-48-49(42)43-22-7-10-26-47(43)54-48)40-20-11-14-34(30-40)35-28-29-37-33-53-50-51-44-24-8-9-25-45(44)52(50)46(37)32-35/h1-32H,33H2. The van der Waals surface area contributed by atoms with Gasteiger partial charge in [-0.2, -0.15) is 4.98 Å². The second-order valence-corrected chi connectivity index (χ2v) is 18.1. The summed E-state index contributed by atoms with van der Waals surface area (Å²) < 4.78 is 14.6. The van der Waals surface area contributed by atoms with Crippen LogP contribution in [-0.2, 0) is 6.61 Å². The molecular formula is C50H34N2O2Si. The van der Waals surface area contributed by atoms with Crippen molar-refractivity contribution < 1.29 is 9.15 Å². The molecule has 8 aromatic carbocycles. The van der Waals surface area contributed by atoms with E-state index in [0.717, 1.165) is 49.8 Å². The third kappa shape index (κ3) is 4.94. The number of para-hydroxylation sites is 3. The maximum Gasteiger partial charge on any atom is 0.302 e. The van der Waals surface area contributed by atoms with Crippen LogP contribution in [0.4, 0.5) is 0 Å². The molecule has 5 heteroatoms. The maximum absolute atomic E-state index is 6.34. The van der Waals surface area contributed by atoms with Crippen molar-refractivity contribution in [3.63, 3.8) is 0 Å². The van der Waals surface area contributed by atoms with Crippen LogP contribution >= 0.6 is 0 Å². The number of aromatic nitrogens is 2. The average molecular weight is 723 g/mol. The van der Waals surface area contributed by atoms with Crippen LogP contribution in [-0.4, -0.2) is 17.6 Å². The minimum Gasteiger partial charge on any atom is -0.459 e. The molecule has 10 aromatic rings. The minimum absolute atomic E-state index is 0.496. The van der Waals surface area contributed by atoms with Gasteiger partial charge in [-0.05, 0) is 73.3 Å². The summed E-state index contributed by atoms with van der Waals surface area (Å²) >= 11 is 0. The van der Waals surface area contributed by atoms with Gasteiger partial charge in [0, 0.05) is 16.3 Å². The van der Waals surface area contributed by atoms with Gasteiger partial charge in [-0.25, -0.2) is 0 Å². The van der Waals surface area contributed by atoms with Crippen LogP contribution in [0.25, 0.3) is 60.9 Å². The molecule has 0 saturated heterocycles. The van der Waals surface area contributed by atoms with Crippen LogP contribution in [0.2, 0.25) is 0 Å². The first-order valence-corrected chi connectivity index (χ1v) is 20.7. The fraction of sp³-hybridized carbons (Fsp3) is 0.0200. The Morgan fingerprint density at radius 3 is 1.91 bits per heavy atom. The number of fused-ring (bicyclic) bond motifs is 8. The lowest BCUT2D eigenvalue weighted by Crippen LogP contribution is -2.74. The first-order valence-electron chi connectivity index (χ1n) is 18.7. The molecule has 0 spiro atoms. The first-order chi connectivity index (χ1) is 27.3. The molecular weight excluding hydrogens is 689 g/mol. The Kier molecular flexibility index (Phi) is 7.22. The van der Waals surface area contributed by atoms with E-state index >= 15 is 0 Å². The van der Waals surface area contributed by atoms with Crippen molar-refractivity contribution in [2.45, 2.75) is 6.61 Å². The molecule has 3 heterocycles. The molecule has 1 aliphatic rings. The fourth-order valence-corrected chi connectivity index (χ4v) is 13.6. The van der Waals surface area contributed by atoms with Crippen LogP contribution in [0.15, 0.2) is 199 Å². The molecule has 0 N–H and O–H groups in total. The molecule has 0 atom stereocenters. The Labute approximate surface area is 319 Å². The van der Waals surface area contributed by atoms with E-state index in [4.69, 9.17) is 14.1 Å². The Bertz CT molecular complexity index is 3020. The van der Waals surface area contributed by atoms with Crippen LogP contribution in [0, 0.1) is 0 Å². The van der Waals surface area contributed by atoms with Crippen molar-refractivity contribution >= 4 is 61.8 Å². The van der Waals surface area contributed by atoms with Crippen molar-refractivity contribution in [1.29, 1.82) is 0 Å². The van der Waals surface area contributed by atoms with Crippen LogP contribution in [0.5, 0.6) is 6.01 Å². The van der Waals surface area contributed by atoms with Crippen molar-refractivity contribution in [3.8, 4) is 34.0 Å². The van der Waals surface area contributed by atoms with Crippen molar-refractivity contribution in [2.24, 2.45) is 0 Å². The zero-order valence-electron chi connectivity index (χ0n) is 29.9. The van der Waals surface area contributed by atoms with Gasteiger partial charge in [-0.15, -0.1) is 0 Å². The van der Waals surface area contributed by atoms with E-state index in [0.29, 0.717) is 12.6 Å². The van der Waals surface area contributed by atoms with Gasteiger partial charge < -0.3 is 9.15 Å². The van der Waals surface area contributed by atoms with E-state index in [1.165, 1.54) is 37.4 Å². The average Bonchev–Trinajstić information content (AvgIpc) is 3.84. The van der Waals surface area contributed by atoms with Crippen LogP contribution in [0.3, 0.4) is 0 Å². The second kappa shape index (κ2) is 12.6. The molecule has 0 radical (unpaired) electrons. The summed E-state index contributed by atoms with van der Waals surface area (Å²) in [6, 6.07) is 71.2. The highest BCUT2D eigenvalue weighted by Crippen LogP contribution is 2.37. The lowest BCUT2D eigenvalue weighted by Gasteiger charge is -2.35. The summed E-state index contributed by atoms with van der Waals surface area (Å²) in [4.78, 5) is 4.80. The highest BCUT2D eigenvalue weighted by Gasteiger charge is 2.42. The van der Waals surface area contributed by atoms with E-state index in [2.05, 4.69) is 180 Å². The van der Waals surface area contributed by atoms with E-state index in [1.54, 1.807) is 0 Å². The summed E-state index contributed by atoms with van der Waals surface area (Å²) in [5, 5.41) is 7.59. The number of ether oxygens (including phenoxy) is 1. The molecule has 11 rings (SSSR count). The van der Waals surface area contributed by atoms with Gasteiger partial charge >= 0.3 is 6.01 Å². The fourth-order valence-electron chi connectivity index (χ4n) is 8.79. The molecule has 55 heavy (non-hydrogen) atoms. The van der Waals surface area contributed by atoms with Crippen molar-refractivity contribution in [3.05, 3.63) is 200 Å². The normalized spacial score (nSPS) is 12.4. The smallest absolute Gasteiger partial charge is 0.302 e. The Morgan fingerprint density at radius 1 is 0.491 bits per heavy atom. The summed E-state index contributed by atoms with van der Waals surface area (Å²) in [5.41, 5.74) is 10.7. The zero-order chi connectivity index (χ0) is 36.3. The molecule has 4 nitrogen and oxygen atoms in total. The third-order valence-corrected chi connectivity index (χ3v) is 16.0. The molecule has 0 fully saturated rings. The lowest BCUT2D eigenvalue weighted by molar-refractivity contribution is 0.266. The third-order valence-electron chi connectivity index (χ3n) is 11.3. The predicted molar refractivity (Wildman–Crippen MR) is 227 cm³/mol. The van der Waals surface area contributed by atoms with Gasteiger partial charge in [0.15, 0.2) is 8.07 Å². The van der Waals surface area contributed by atoms with Gasteiger partial charge in [0.05, 0.1) is 16.7 Å². The number of hydrogen-bond acceptors (Lipinski definition) is 3. The molecule has 2 aromatic heterocycles. The quantitative estimate of drug-likeness (QED) is 0.127. The zero-order valence-corrected chi connectivity index (χ0v) is 30.9. The van der Waals surface area contributed by atoms with E-state index < -0.39 is 8.07 Å². The largest absolute Gasteiger partial charge is 0.459 e. The van der Waals surface area contributed by atoms with Gasteiger partial charge in [0.2, 0.25) is 0 Å². The van der Waals surface area contributed by atoms with Gasteiger partial charge in [-0.1, -0.05) is 164 Å². The number of rotatable bonds is 6. The first kappa shape index (κ1) is 31.6. The number of imidazole rings is 1. The number of nitrogens with zero attached hydrogens (tertiary/aromatic N) is 2. The van der Waals surface area contributed by atoms with Gasteiger partial charge in [0.1, 0.15) is 17.8 Å². The summed E-state index contributed by atoms with van der Waals surface area (Å²) in [5.74, 6) is 0. The molecule has 0 unspecified atom stereocenters. The Hall–Kier alpha value is -6.95. The predicted octanol–water partition coefficient (Wildman–Crippen LogP) is 9.53. The highest BCUT2D eigenvalue weighted by molar-refractivity contribution is 7.20. The minimum atomic E-state index is -2.90. The number of hydrogen-bond donors (Lipinski definition) is 0. The van der Waals surface area contributed by atoms with E-state index in [1.807, 2.05) is 18.2 Å². The molecule has 0 saturated carbocycles. The number of furan rings is 1. The van der Waals surface area contributed by atoms with Gasteiger partial charge in [0.25, 0.3) is 0 Å². The molecule has 0 aliphatic carbocycles. The van der Waals surface area contributed by atoms with E-state index in [9.17, 15) is 0 Å². The topological polar surface area (TPSA) is 40.2 Å². The van der Waals surface area contributed by atoms with Crippen molar-refractivity contribution in [1.82, 2.24) is 9.55 Å². The van der Waals surface area contributed by atoms with Crippen LogP contribution < -0.4 is 25.5 Å². The molecule has 1 aliphatic heterocycles. The summed E-state index contributed by atoms with van der Waals surface area (Å²) in [7, 11) is -2.90. The highest BCUT2D eigenvalue weighted by atomic mass is 28.3. The van der Waals surface area contributed by atoms with Crippen molar-refractivity contribution in [2.75, 3.05) is 0 Å².